The van der Waals surface area contributed by atoms with Crippen molar-refractivity contribution >= 4 is 11.6 Å². The quantitative estimate of drug-likeness (QED) is 0.585. The molecule has 20 heavy (non-hydrogen) atoms. The first-order valence-electron chi connectivity index (χ1n) is 6.63. The zero-order valence-electron chi connectivity index (χ0n) is 12.4. The predicted octanol–water partition coefficient (Wildman–Crippen LogP) is 0.414. The lowest BCUT2D eigenvalue weighted by molar-refractivity contribution is -0.861. The molecule has 0 fully saturated rings. The highest BCUT2D eigenvalue weighted by Gasteiger charge is 2.15. The van der Waals surface area contributed by atoms with Gasteiger partial charge < -0.3 is 10.2 Å². The maximum Gasteiger partial charge on any atom is 0.273 e. The number of carbonyl (C=O) groups excluding carboxylic acids is 1. The first kappa shape index (κ1) is 16.1. The monoisotopic (exact) mass is 280 g/mol. The molecule has 1 rings (SSSR count). The summed E-state index contributed by atoms with van der Waals surface area (Å²) in [6.45, 7) is 5.23. The number of nitro benzene ring substituents is 1. The molecule has 0 aliphatic rings. The number of carbonyl (C=O) groups is 1. The molecule has 1 atom stereocenters. The molecule has 0 aliphatic heterocycles. The fourth-order valence-electron chi connectivity index (χ4n) is 2.09. The van der Waals surface area contributed by atoms with Crippen LogP contribution in [0.4, 0.5) is 5.69 Å². The Morgan fingerprint density at radius 3 is 2.65 bits per heavy atom. The fourth-order valence-corrected chi connectivity index (χ4v) is 2.09. The molecule has 0 radical (unpaired) electrons. The van der Waals surface area contributed by atoms with Crippen LogP contribution in [0.15, 0.2) is 18.2 Å². The van der Waals surface area contributed by atoms with Gasteiger partial charge in [-0.25, -0.2) is 0 Å². The lowest BCUT2D eigenvalue weighted by atomic mass is 10.1. The second kappa shape index (κ2) is 7.00. The summed E-state index contributed by atoms with van der Waals surface area (Å²) in [6.07, 6.45) is 0. The molecule has 0 bridgehead atoms. The Kier molecular flexibility index (Phi) is 5.64. The number of quaternary nitrogens is 1. The molecule has 110 valence electrons. The van der Waals surface area contributed by atoms with Gasteiger partial charge in [-0.2, -0.15) is 0 Å². The largest absolute Gasteiger partial charge is 0.352 e. The summed E-state index contributed by atoms with van der Waals surface area (Å²) in [5, 5.41) is 13.7. The van der Waals surface area contributed by atoms with Crippen molar-refractivity contribution in [3.05, 3.63) is 39.4 Å². The summed E-state index contributed by atoms with van der Waals surface area (Å²) in [6, 6.07) is 4.53. The Morgan fingerprint density at radius 1 is 1.45 bits per heavy atom. The van der Waals surface area contributed by atoms with E-state index < -0.39 is 4.92 Å². The highest BCUT2D eigenvalue weighted by atomic mass is 16.6. The third-order valence-electron chi connectivity index (χ3n) is 3.04. The van der Waals surface area contributed by atoms with Gasteiger partial charge in [0.05, 0.1) is 25.6 Å². The number of nitrogens with one attached hydrogen (secondary N) is 2. The summed E-state index contributed by atoms with van der Waals surface area (Å²) in [7, 11) is 4.11. The number of nitro groups is 1. The molecule has 6 nitrogen and oxygen atoms in total. The van der Waals surface area contributed by atoms with Crippen molar-refractivity contribution < 1.29 is 14.6 Å². The smallest absolute Gasteiger partial charge is 0.273 e. The summed E-state index contributed by atoms with van der Waals surface area (Å²) in [5.41, 5.74) is 0.853. The average molecular weight is 280 g/mol. The number of hydrogen-bond donors (Lipinski definition) is 2. The summed E-state index contributed by atoms with van der Waals surface area (Å²) in [4.78, 5) is 23.7. The molecular formula is C14H22N3O3+. The zero-order chi connectivity index (χ0) is 15.3. The van der Waals surface area contributed by atoms with E-state index >= 15 is 0 Å². The van der Waals surface area contributed by atoms with Gasteiger partial charge in [0, 0.05) is 29.7 Å². The van der Waals surface area contributed by atoms with E-state index in [1.165, 1.54) is 11.0 Å². The predicted molar refractivity (Wildman–Crippen MR) is 77.0 cm³/mol. The molecule has 0 saturated heterocycles. The maximum atomic E-state index is 12.0. The minimum atomic E-state index is -0.468. The van der Waals surface area contributed by atoms with Crippen molar-refractivity contribution in [1.82, 2.24) is 5.32 Å². The van der Waals surface area contributed by atoms with Crippen LogP contribution in [0.5, 0.6) is 0 Å². The van der Waals surface area contributed by atoms with Gasteiger partial charge in [0.25, 0.3) is 11.6 Å². The molecule has 0 aromatic heterocycles. The highest BCUT2D eigenvalue weighted by molar-refractivity contribution is 5.94. The lowest BCUT2D eigenvalue weighted by Gasteiger charge is -2.15. The highest BCUT2D eigenvalue weighted by Crippen LogP contribution is 2.19. The van der Waals surface area contributed by atoms with E-state index in [2.05, 4.69) is 26.3 Å². The Bertz CT molecular complexity index is 500. The minimum absolute atomic E-state index is 0.0246. The lowest BCUT2D eigenvalue weighted by Crippen LogP contribution is -3.06. The van der Waals surface area contributed by atoms with E-state index in [0.29, 0.717) is 23.6 Å². The number of aryl methyl sites for hydroxylation is 1. The Labute approximate surface area is 118 Å². The van der Waals surface area contributed by atoms with E-state index in [9.17, 15) is 14.9 Å². The number of amides is 1. The van der Waals surface area contributed by atoms with Gasteiger partial charge in [-0.1, -0.05) is 13.0 Å². The van der Waals surface area contributed by atoms with Gasteiger partial charge in [0.1, 0.15) is 0 Å². The first-order chi connectivity index (χ1) is 9.31. The van der Waals surface area contributed by atoms with Crippen LogP contribution in [0, 0.1) is 23.0 Å². The van der Waals surface area contributed by atoms with Crippen LogP contribution in [0.3, 0.4) is 0 Å². The Balaban J connectivity index is 2.69. The molecule has 1 aromatic carbocycles. The molecule has 2 N–H and O–H groups in total. The van der Waals surface area contributed by atoms with Crippen LogP contribution in [-0.4, -0.2) is 38.0 Å². The molecule has 0 spiro atoms. The van der Waals surface area contributed by atoms with E-state index in [4.69, 9.17) is 0 Å². The molecule has 6 heteroatoms. The van der Waals surface area contributed by atoms with Crippen LogP contribution in [0.2, 0.25) is 0 Å². The Hall–Kier alpha value is -1.95. The van der Waals surface area contributed by atoms with E-state index in [1.54, 1.807) is 19.1 Å². The zero-order valence-corrected chi connectivity index (χ0v) is 12.4. The third kappa shape index (κ3) is 4.62. The second-order valence-corrected chi connectivity index (χ2v) is 5.48. The van der Waals surface area contributed by atoms with Crippen molar-refractivity contribution in [1.29, 1.82) is 0 Å². The maximum absolute atomic E-state index is 12.0. The van der Waals surface area contributed by atoms with Gasteiger partial charge >= 0.3 is 0 Å². The van der Waals surface area contributed by atoms with Crippen LogP contribution in [-0.2, 0) is 0 Å². The Morgan fingerprint density at radius 2 is 2.10 bits per heavy atom. The van der Waals surface area contributed by atoms with Crippen LogP contribution < -0.4 is 10.2 Å². The molecule has 0 unspecified atom stereocenters. The summed E-state index contributed by atoms with van der Waals surface area (Å²) in [5.74, 6) is 0.0816. The second-order valence-electron chi connectivity index (χ2n) is 5.48. The van der Waals surface area contributed by atoms with Crippen molar-refractivity contribution in [3.8, 4) is 0 Å². The third-order valence-corrected chi connectivity index (χ3v) is 3.04. The molecule has 1 amide bonds. The minimum Gasteiger partial charge on any atom is -0.352 e. The van der Waals surface area contributed by atoms with Gasteiger partial charge in [0.2, 0.25) is 0 Å². The van der Waals surface area contributed by atoms with Gasteiger partial charge in [-0.3, -0.25) is 14.9 Å². The van der Waals surface area contributed by atoms with E-state index in [1.807, 2.05) is 0 Å². The van der Waals surface area contributed by atoms with Crippen molar-refractivity contribution in [3.63, 3.8) is 0 Å². The van der Waals surface area contributed by atoms with Crippen molar-refractivity contribution in [2.45, 2.75) is 13.8 Å². The van der Waals surface area contributed by atoms with Crippen LogP contribution >= 0.6 is 0 Å². The topological polar surface area (TPSA) is 76.7 Å². The van der Waals surface area contributed by atoms with Gasteiger partial charge in [-0.15, -0.1) is 0 Å². The van der Waals surface area contributed by atoms with Crippen molar-refractivity contribution in [2.75, 3.05) is 27.2 Å². The normalized spacial score (nSPS) is 12.2. The number of hydrogen-bond acceptors (Lipinski definition) is 3. The first-order valence-corrected chi connectivity index (χ1v) is 6.63. The number of nitrogens with zero attached hydrogens (tertiary/aromatic N) is 1. The standard InChI is InChI=1S/C14H21N3O3/c1-10(9-16(3)4)8-15-14(18)12-6-5-11(2)13(7-12)17(19)20/h5-7,10H,8-9H2,1-4H3,(H,15,18)/p+1/t10-/m0/s1. The summed E-state index contributed by atoms with van der Waals surface area (Å²) >= 11 is 0. The van der Waals surface area contributed by atoms with Crippen molar-refractivity contribution in [2.24, 2.45) is 5.92 Å². The van der Waals surface area contributed by atoms with E-state index in [0.717, 1.165) is 6.54 Å². The molecule has 0 heterocycles. The molecule has 0 aliphatic carbocycles. The average Bonchev–Trinajstić information content (AvgIpc) is 2.35. The van der Waals surface area contributed by atoms with E-state index in [-0.39, 0.29) is 11.6 Å². The van der Waals surface area contributed by atoms with Crippen LogP contribution in [0.1, 0.15) is 22.8 Å². The molecule has 0 saturated carbocycles. The number of benzene rings is 1. The molecular weight excluding hydrogens is 258 g/mol. The van der Waals surface area contributed by atoms with Gasteiger partial charge in [-0.05, 0) is 13.0 Å². The molecule has 1 aromatic rings. The van der Waals surface area contributed by atoms with Gasteiger partial charge in [0.15, 0.2) is 0 Å². The number of rotatable bonds is 6. The summed E-state index contributed by atoms with van der Waals surface area (Å²) < 4.78 is 0. The van der Waals surface area contributed by atoms with Crippen LogP contribution in [0.25, 0.3) is 0 Å². The fraction of sp³-hybridized carbons (Fsp3) is 0.500. The SMILES string of the molecule is Cc1ccc(C(=O)NC[C@H](C)C[NH+](C)C)cc1[N+](=O)[O-].